The van der Waals surface area contributed by atoms with Crippen LogP contribution in [0.25, 0.3) is 5.70 Å². The van der Waals surface area contributed by atoms with Crippen LogP contribution in [0.5, 0.6) is 0 Å². The highest BCUT2D eigenvalue weighted by atomic mass is 14.9. The van der Waals surface area contributed by atoms with Crippen LogP contribution in [0.2, 0.25) is 0 Å². The van der Waals surface area contributed by atoms with Gasteiger partial charge in [0.15, 0.2) is 0 Å². The Morgan fingerprint density at radius 1 is 1.58 bits per heavy atom. The maximum Gasteiger partial charge on any atom is 0.0854 e. The summed E-state index contributed by atoms with van der Waals surface area (Å²) < 4.78 is 0. The molecule has 0 saturated heterocycles. The van der Waals surface area contributed by atoms with Gasteiger partial charge in [0, 0.05) is 12.7 Å². The van der Waals surface area contributed by atoms with Gasteiger partial charge in [0.05, 0.1) is 11.4 Å². The van der Waals surface area contributed by atoms with Crippen molar-refractivity contribution in [3.8, 4) is 0 Å². The molecule has 0 aliphatic rings. The number of nitrogens with one attached hydrogen (secondary N) is 1. The van der Waals surface area contributed by atoms with E-state index in [0.717, 1.165) is 24.4 Å². The fourth-order valence-electron chi connectivity index (χ4n) is 0.908. The molecule has 0 atom stereocenters. The Morgan fingerprint density at radius 2 is 2.42 bits per heavy atom. The highest BCUT2D eigenvalue weighted by molar-refractivity contribution is 5.57. The van der Waals surface area contributed by atoms with Gasteiger partial charge in [0.2, 0.25) is 0 Å². The lowest BCUT2D eigenvalue weighted by molar-refractivity contribution is 0.821. The Balaban J connectivity index is 2.54. The highest BCUT2D eigenvalue weighted by Gasteiger charge is 1.95. The van der Waals surface area contributed by atoms with Crippen LogP contribution >= 0.6 is 0 Å². The Kier molecular flexibility index (Phi) is 3.33. The van der Waals surface area contributed by atoms with E-state index >= 15 is 0 Å². The minimum Gasteiger partial charge on any atom is -0.384 e. The predicted molar refractivity (Wildman–Crippen MR) is 51.6 cm³/mol. The summed E-state index contributed by atoms with van der Waals surface area (Å²) in [5.41, 5.74) is 1.82. The summed E-state index contributed by atoms with van der Waals surface area (Å²) in [7, 11) is 0. The van der Waals surface area contributed by atoms with E-state index in [4.69, 9.17) is 0 Å². The van der Waals surface area contributed by atoms with E-state index in [2.05, 4.69) is 23.8 Å². The lowest BCUT2D eigenvalue weighted by Gasteiger charge is -2.06. The summed E-state index contributed by atoms with van der Waals surface area (Å²) in [5, 5.41) is 3.19. The van der Waals surface area contributed by atoms with Crippen molar-refractivity contribution in [3.05, 3.63) is 36.7 Å². The molecule has 1 N–H and O–H groups in total. The molecule has 2 heteroatoms. The van der Waals surface area contributed by atoms with Gasteiger partial charge in [-0.3, -0.25) is 4.98 Å². The van der Waals surface area contributed by atoms with Crippen molar-refractivity contribution in [2.45, 2.75) is 13.3 Å². The van der Waals surface area contributed by atoms with E-state index in [1.807, 2.05) is 18.2 Å². The first-order valence-electron chi connectivity index (χ1n) is 4.18. The lowest BCUT2D eigenvalue weighted by Crippen LogP contribution is -2.12. The van der Waals surface area contributed by atoms with Crippen LogP contribution in [0.4, 0.5) is 0 Å². The summed E-state index contributed by atoms with van der Waals surface area (Å²) in [6.45, 7) is 6.97. The quantitative estimate of drug-likeness (QED) is 0.733. The van der Waals surface area contributed by atoms with E-state index in [0.29, 0.717) is 0 Å². The van der Waals surface area contributed by atoms with E-state index in [1.165, 1.54) is 0 Å². The molecule has 1 heterocycles. The fraction of sp³-hybridized carbons (Fsp3) is 0.300. The van der Waals surface area contributed by atoms with Crippen molar-refractivity contribution < 1.29 is 0 Å². The standard InChI is InChI=1S/C10H14N2/c1-3-7-11-9(2)10-6-4-5-8-12-10/h4-6,8,11H,2-3,7H2,1H3. The third-order valence-electron chi connectivity index (χ3n) is 1.56. The van der Waals surface area contributed by atoms with Gasteiger partial charge < -0.3 is 5.32 Å². The third kappa shape index (κ3) is 2.38. The molecule has 0 amide bonds. The fourth-order valence-corrected chi connectivity index (χ4v) is 0.908. The van der Waals surface area contributed by atoms with Crippen molar-refractivity contribution >= 4 is 5.70 Å². The molecule has 0 bridgehead atoms. The normalized spacial score (nSPS) is 9.42. The van der Waals surface area contributed by atoms with Crippen molar-refractivity contribution in [3.63, 3.8) is 0 Å². The molecule has 64 valence electrons. The summed E-state index contributed by atoms with van der Waals surface area (Å²) in [6.07, 6.45) is 2.87. The van der Waals surface area contributed by atoms with Crippen molar-refractivity contribution in [2.75, 3.05) is 6.54 Å². The topological polar surface area (TPSA) is 24.9 Å². The molecule has 0 unspecified atom stereocenters. The lowest BCUT2D eigenvalue weighted by atomic mass is 10.3. The minimum absolute atomic E-state index is 0.900. The molecule has 0 spiro atoms. The zero-order valence-corrected chi connectivity index (χ0v) is 7.38. The average molecular weight is 162 g/mol. The molecule has 1 rings (SSSR count). The highest BCUT2D eigenvalue weighted by Crippen LogP contribution is 2.03. The van der Waals surface area contributed by atoms with Gasteiger partial charge >= 0.3 is 0 Å². The molecule has 12 heavy (non-hydrogen) atoms. The van der Waals surface area contributed by atoms with Gasteiger partial charge in [0.25, 0.3) is 0 Å². The van der Waals surface area contributed by atoms with E-state index in [9.17, 15) is 0 Å². The second kappa shape index (κ2) is 4.54. The Hall–Kier alpha value is -1.31. The van der Waals surface area contributed by atoms with E-state index in [-0.39, 0.29) is 0 Å². The number of nitrogens with zero attached hydrogens (tertiary/aromatic N) is 1. The Labute approximate surface area is 73.3 Å². The molecule has 0 radical (unpaired) electrons. The van der Waals surface area contributed by atoms with Gasteiger partial charge in [-0.05, 0) is 18.6 Å². The number of hydrogen-bond donors (Lipinski definition) is 1. The smallest absolute Gasteiger partial charge is 0.0854 e. The first-order chi connectivity index (χ1) is 5.84. The van der Waals surface area contributed by atoms with Gasteiger partial charge in [-0.1, -0.05) is 19.6 Å². The van der Waals surface area contributed by atoms with Gasteiger partial charge in [0.1, 0.15) is 0 Å². The van der Waals surface area contributed by atoms with Gasteiger partial charge in [-0.25, -0.2) is 0 Å². The van der Waals surface area contributed by atoms with Crippen LogP contribution in [-0.4, -0.2) is 11.5 Å². The predicted octanol–water partition coefficient (Wildman–Crippen LogP) is 2.05. The minimum atomic E-state index is 0.900. The van der Waals surface area contributed by atoms with E-state index in [1.54, 1.807) is 6.20 Å². The van der Waals surface area contributed by atoms with E-state index < -0.39 is 0 Å². The van der Waals surface area contributed by atoms with Crippen LogP contribution in [0, 0.1) is 0 Å². The first-order valence-corrected chi connectivity index (χ1v) is 4.18. The molecule has 2 nitrogen and oxygen atoms in total. The third-order valence-corrected chi connectivity index (χ3v) is 1.56. The zero-order valence-electron chi connectivity index (χ0n) is 7.38. The Morgan fingerprint density at radius 3 is 3.00 bits per heavy atom. The molecule has 0 saturated carbocycles. The van der Waals surface area contributed by atoms with Gasteiger partial charge in [-0.15, -0.1) is 0 Å². The first kappa shape index (κ1) is 8.78. The molecule has 1 aromatic heterocycles. The number of hydrogen-bond acceptors (Lipinski definition) is 2. The summed E-state index contributed by atoms with van der Waals surface area (Å²) in [4.78, 5) is 4.17. The van der Waals surface area contributed by atoms with Crippen LogP contribution in [-0.2, 0) is 0 Å². The van der Waals surface area contributed by atoms with Crippen molar-refractivity contribution in [1.29, 1.82) is 0 Å². The maximum atomic E-state index is 4.17. The molecule has 0 fully saturated rings. The van der Waals surface area contributed by atoms with Crippen molar-refractivity contribution in [1.82, 2.24) is 10.3 Å². The zero-order chi connectivity index (χ0) is 8.81. The van der Waals surface area contributed by atoms with Crippen LogP contribution < -0.4 is 5.32 Å². The molecular formula is C10H14N2. The van der Waals surface area contributed by atoms with Gasteiger partial charge in [-0.2, -0.15) is 0 Å². The molecule has 0 aliphatic heterocycles. The largest absolute Gasteiger partial charge is 0.384 e. The number of rotatable bonds is 4. The molecular weight excluding hydrogens is 148 g/mol. The summed E-state index contributed by atoms with van der Waals surface area (Å²) in [6, 6.07) is 5.81. The van der Waals surface area contributed by atoms with Crippen LogP contribution in [0.3, 0.4) is 0 Å². The summed E-state index contributed by atoms with van der Waals surface area (Å²) >= 11 is 0. The molecule has 1 aromatic rings. The number of aromatic nitrogens is 1. The van der Waals surface area contributed by atoms with Crippen molar-refractivity contribution in [2.24, 2.45) is 0 Å². The van der Waals surface area contributed by atoms with Crippen LogP contribution in [0.1, 0.15) is 19.0 Å². The monoisotopic (exact) mass is 162 g/mol. The summed E-state index contributed by atoms with van der Waals surface area (Å²) in [5.74, 6) is 0. The molecule has 0 aliphatic carbocycles. The number of pyridine rings is 1. The second-order valence-corrected chi connectivity index (χ2v) is 2.62. The van der Waals surface area contributed by atoms with Crippen LogP contribution in [0.15, 0.2) is 31.0 Å². The maximum absolute atomic E-state index is 4.17. The molecule has 0 aromatic carbocycles. The second-order valence-electron chi connectivity index (χ2n) is 2.62. The average Bonchev–Trinajstić information content (AvgIpc) is 2.15. The Bertz CT molecular complexity index is 241. The SMILES string of the molecule is C=C(NCCC)c1ccccn1.